The van der Waals surface area contributed by atoms with Gasteiger partial charge in [-0.05, 0) is 37.8 Å². The highest BCUT2D eigenvalue weighted by Crippen LogP contribution is 2.22. The van der Waals surface area contributed by atoms with Crippen LogP contribution in [0.1, 0.15) is 44.2 Å². The third kappa shape index (κ3) is 3.82. The molecule has 0 atom stereocenters. The molecule has 4 nitrogen and oxygen atoms in total. The van der Waals surface area contributed by atoms with Crippen molar-refractivity contribution in [3.8, 4) is 0 Å². The minimum Gasteiger partial charge on any atom is -0.340 e. The standard InChI is InChI=1S/C17H25N3O/c21-17-7-2-1-5-11-20(17)16-8-12-19(13-9-16)14-15-6-3-4-10-18-15/h3-4,6,10,16H,1-2,5,7-9,11-14H2. The summed E-state index contributed by atoms with van der Waals surface area (Å²) in [5.74, 6) is 0.385. The monoisotopic (exact) mass is 287 g/mol. The van der Waals surface area contributed by atoms with Gasteiger partial charge in [-0.1, -0.05) is 12.5 Å². The summed E-state index contributed by atoms with van der Waals surface area (Å²) >= 11 is 0. The van der Waals surface area contributed by atoms with Gasteiger partial charge in [0.15, 0.2) is 0 Å². The second kappa shape index (κ2) is 7.03. The minimum absolute atomic E-state index is 0.385. The van der Waals surface area contributed by atoms with E-state index in [0.29, 0.717) is 11.9 Å². The highest BCUT2D eigenvalue weighted by molar-refractivity contribution is 5.76. The van der Waals surface area contributed by atoms with Crippen LogP contribution in [0.2, 0.25) is 0 Å². The third-order valence-electron chi connectivity index (χ3n) is 4.72. The van der Waals surface area contributed by atoms with Gasteiger partial charge in [0.05, 0.1) is 5.69 Å². The molecule has 0 bridgehead atoms. The molecule has 0 aliphatic carbocycles. The number of amides is 1. The molecule has 1 amide bonds. The predicted octanol–water partition coefficient (Wildman–Crippen LogP) is 2.45. The Morgan fingerprint density at radius 2 is 1.95 bits per heavy atom. The molecular weight excluding hydrogens is 262 g/mol. The molecular formula is C17H25N3O. The van der Waals surface area contributed by atoms with Crippen LogP contribution in [-0.4, -0.2) is 46.4 Å². The number of likely N-dealkylation sites (tertiary alicyclic amines) is 2. The molecule has 0 unspecified atom stereocenters. The van der Waals surface area contributed by atoms with E-state index in [9.17, 15) is 4.79 Å². The summed E-state index contributed by atoms with van der Waals surface area (Å²) in [5.41, 5.74) is 1.14. The molecule has 114 valence electrons. The smallest absolute Gasteiger partial charge is 0.222 e. The van der Waals surface area contributed by atoms with E-state index in [1.54, 1.807) is 0 Å². The van der Waals surface area contributed by atoms with Gasteiger partial charge in [-0.2, -0.15) is 0 Å². The van der Waals surface area contributed by atoms with Crippen molar-refractivity contribution >= 4 is 5.91 Å². The van der Waals surface area contributed by atoms with E-state index >= 15 is 0 Å². The van der Waals surface area contributed by atoms with Crippen molar-refractivity contribution in [2.45, 2.75) is 51.1 Å². The number of carbonyl (C=O) groups excluding carboxylic acids is 1. The van der Waals surface area contributed by atoms with Crippen LogP contribution >= 0.6 is 0 Å². The third-order valence-corrected chi connectivity index (χ3v) is 4.72. The topological polar surface area (TPSA) is 36.4 Å². The molecule has 2 fully saturated rings. The molecule has 4 heteroatoms. The van der Waals surface area contributed by atoms with Crippen molar-refractivity contribution in [3.05, 3.63) is 30.1 Å². The molecule has 3 rings (SSSR count). The number of pyridine rings is 1. The van der Waals surface area contributed by atoms with E-state index in [1.165, 1.54) is 12.8 Å². The molecule has 21 heavy (non-hydrogen) atoms. The zero-order valence-electron chi connectivity index (χ0n) is 12.7. The molecule has 0 radical (unpaired) electrons. The van der Waals surface area contributed by atoms with E-state index in [1.807, 2.05) is 18.3 Å². The van der Waals surface area contributed by atoms with Crippen LogP contribution in [0.4, 0.5) is 0 Å². The van der Waals surface area contributed by atoms with Gasteiger partial charge in [-0.25, -0.2) is 0 Å². The first-order chi connectivity index (χ1) is 10.3. The molecule has 2 aliphatic rings. The summed E-state index contributed by atoms with van der Waals surface area (Å²) in [4.78, 5) is 21.2. The maximum atomic E-state index is 12.2. The van der Waals surface area contributed by atoms with Crippen LogP contribution in [0.25, 0.3) is 0 Å². The lowest BCUT2D eigenvalue weighted by Crippen LogP contribution is -2.47. The Balaban J connectivity index is 1.51. The maximum absolute atomic E-state index is 12.2. The summed E-state index contributed by atoms with van der Waals surface area (Å²) in [6.07, 6.45) is 8.30. The Hall–Kier alpha value is -1.42. The summed E-state index contributed by atoms with van der Waals surface area (Å²) in [6, 6.07) is 6.56. The summed E-state index contributed by atoms with van der Waals surface area (Å²) in [6.45, 7) is 4.06. The van der Waals surface area contributed by atoms with Gasteiger partial charge in [0.1, 0.15) is 0 Å². The fourth-order valence-electron chi connectivity index (χ4n) is 3.50. The van der Waals surface area contributed by atoms with Gasteiger partial charge in [-0.3, -0.25) is 14.7 Å². The second-order valence-electron chi connectivity index (χ2n) is 6.23. The number of rotatable bonds is 3. The molecule has 2 aliphatic heterocycles. The Morgan fingerprint density at radius 1 is 1.10 bits per heavy atom. The van der Waals surface area contributed by atoms with Gasteiger partial charge in [-0.15, -0.1) is 0 Å². The first kappa shape index (κ1) is 14.5. The fraction of sp³-hybridized carbons (Fsp3) is 0.647. The van der Waals surface area contributed by atoms with Crippen LogP contribution in [0.3, 0.4) is 0 Å². The first-order valence-corrected chi connectivity index (χ1v) is 8.24. The SMILES string of the molecule is O=C1CCCCCN1C1CCN(Cc2ccccn2)CC1. The van der Waals surface area contributed by atoms with Crippen molar-refractivity contribution < 1.29 is 4.79 Å². The summed E-state index contributed by atoms with van der Waals surface area (Å²) < 4.78 is 0. The molecule has 1 aromatic heterocycles. The normalized spacial score (nSPS) is 22.3. The van der Waals surface area contributed by atoms with Crippen molar-refractivity contribution in [1.82, 2.24) is 14.8 Å². The van der Waals surface area contributed by atoms with Crippen LogP contribution in [0.15, 0.2) is 24.4 Å². The zero-order valence-corrected chi connectivity index (χ0v) is 12.7. The minimum atomic E-state index is 0.385. The lowest BCUT2D eigenvalue weighted by atomic mass is 10.0. The Labute approximate surface area is 127 Å². The highest BCUT2D eigenvalue weighted by atomic mass is 16.2. The largest absolute Gasteiger partial charge is 0.340 e. The molecule has 2 saturated heterocycles. The first-order valence-electron chi connectivity index (χ1n) is 8.24. The van der Waals surface area contributed by atoms with E-state index in [2.05, 4.69) is 20.9 Å². The molecule has 0 saturated carbocycles. The number of hydrogen-bond donors (Lipinski definition) is 0. The van der Waals surface area contributed by atoms with E-state index in [-0.39, 0.29) is 0 Å². The van der Waals surface area contributed by atoms with Crippen LogP contribution in [-0.2, 0) is 11.3 Å². The molecule has 1 aromatic rings. The average molecular weight is 287 g/mol. The quantitative estimate of drug-likeness (QED) is 0.857. The Morgan fingerprint density at radius 3 is 2.71 bits per heavy atom. The molecule has 0 spiro atoms. The predicted molar refractivity (Wildman–Crippen MR) is 82.7 cm³/mol. The van der Waals surface area contributed by atoms with Crippen LogP contribution in [0.5, 0.6) is 0 Å². The average Bonchev–Trinajstić information content (AvgIpc) is 2.74. The Bertz CT molecular complexity index is 454. The number of aromatic nitrogens is 1. The summed E-state index contributed by atoms with van der Waals surface area (Å²) in [5, 5.41) is 0. The van der Waals surface area contributed by atoms with Crippen molar-refractivity contribution in [2.75, 3.05) is 19.6 Å². The number of nitrogens with zero attached hydrogens (tertiary/aromatic N) is 3. The lowest BCUT2D eigenvalue weighted by Gasteiger charge is -2.38. The van der Waals surface area contributed by atoms with Crippen molar-refractivity contribution in [1.29, 1.82) is 0 Å². The van der Waals surface area contributed by atoms with E-state index in [0.717, 1.165) is 57.6 Å². The molecule has 3 heterocycles. The summed E-state index contributed by atoms with van der Waals surface area (Å²) in [7, 11) is 0. The molecule has 0 N–H and O–H groups in total. The fourth-order valence-corrected chi connectivity index (χ4v) is 3.50. The van der Waals surface area contributed by atoms with Crippen molar-refractivity contribution in [2.24, 2.45) is 0 Å². The number of piperidine rings is 1. The lowest BCUT2D eigenvalue weighted by molar-refractivity contribution is -0.133. The van der Waals surface area contributed by atoms with E-state index in [4.69, 9.17) is 0 Å². The maximum Gasteiger partial charge on any atom is 0.222 e. The Kier molecular flexibility index (Phi) is 4.86. The van der Waals surface area contributed by atoms with Gasteiger partial charge < -0.3 is 4.90 Å². The van der Waals surface area contributed by atoms with Gasteiger partial charge >= 0.3 is 0 Å². The van der Waals surface area contributed by atoms with Gasteiger partial charge in [0, 0.05) is 44.8 Å². The van der Waals surface area contributed by atoms with E-state index < -0.39 is 0 Å². The molecule has 0 aromatic carbocycles. The number of carbonyl (C=O) groups is 1. The zero-order chi connectivity index (χ0) is 14.5. The van der Waals surface area contributed by atoms with Gasteiger partial charge in [0.2, 0.25) is 5.91 Å². The van der Waals surface area contributed by atoms with Crippen molar-refractivity contribution in [3.63, 3.8) is 0 Å². The second-order valence-corrected chi connectivity index (χ2v) is 6.23. The number of hydrogen-bond acceptors (Lipinski definition) is 3. The van der Waals surface area contributed by atoms with Gasteiger partial charge in [0.25, 0.3) is 0 Å². The van der Waals surface area contributed by atoms with Crippen LogP contribution < -0.4 is 0 Å². The van der Waals surface area contributed by atoms with Crippen LogP contribution in [0, 0.1) is 0 Å². The highest BCUT2D eigenvalue weighted by Gasteiger charge is 2.28.